The lowest BCUT2D eigenvalue weighted by Gasteiger charge is -2.45. The summed E-state index contributed by atoms with van der Waals surface area (Å²) in [7, 11) is 0. The first-order chi connectivity index (χ1) is 15.1. The molecule has 4 heterocycles. The van der Waals surface area contributed by atoms with Gasteiger partial charge in [-0.1, -0.05) is 18.2 Å². The highest BCUT2D eigenvalue weighted by atomic mass is 16.5. The molecule has 1 N–H and O–H groups in total. The number of anilines is 1. The predicted molar refractivity (Wildman–Crippen MR) is 113 cm³/mol. The average Bonchev–Trinajstić information content (AvgIpc) is 3.30. The van der Waals surface area contributed by atoms with Crippen molar-refractivity contribution in [2.45, 2.75) is 31.1 Å². The Morgan fingerprint density at radius 3 is 2.52 bits per heavy atom. The second kappa shape index (κ2) is 7.96. The molecule has 158 valence electrons. The number of pyridine rings is 1. The number of aromatic nitrogens is 3. The van der Waals surface area contributed by atoms with Crippen LogP contribution in [0.3, 0.4) is 0 Å². The molecule has 0 unspecified atom stereocenters. The Hall–Kier alpha value is -3.52. The number of piperidine rings is 1. The van der Waals surface area contributed by atoms with Crippen molar-refractivity contribution in [3.05, 3.63) is 78.6 Å². The zero-order valence-corrected chi connectivity index (χ0v) is 17.0. The number of benzene rings is 1. The molecule has 3 aromatic rings. The number of para-hydroxylation sites is 1. The first kappa shape index (κ1) is 19.4. The van der Waals surface area contributed by atoms with Gasteiger partial charge < -0.3 is 19.5 Å². The lowest BCUT2D eigenvalue weighted by Crippen LogP contribution is -2.54. The van der Waals surface area contributed by atoms with Gasteiger partial charge in [-0.2, -0.15) is 0 Å². The highest BCUT2D eigenvalue weighted by Crippen LogP contribution is 2.40. The summed E-state index contributed by atoms with van der Waals surface area (Å²) in [4.78, 5) is 36.1. The van der Waals surface area contributed by atoms with Crippen LogP contribution in [0.5, 0.6) is 0 Å². The van der Waals surface area contributed by atoms with E-state index in [2.05, 4.69) is 15.3 Å². The summed E-state index contributed by atoms with van der Waals surface area (Å²) in [5, 5.41) is 2.94. The number of imidazole rings is 1. The van der Waals surface area contributed by atoms with E-state index in [1.54, 1.807) is 30.7 Å². The number of rotatable bonds is 3. The lowest BCUT2D eigenvalue weighted by molar-refractivity contribution is -0.168. The van der Waals surface area contributed by atoms with Crippen LogP contribution in [0.2, 0.25) is 0 Å². The third-order valence-corrected chi connectivity index (χ3v) is 5.97. The molecule has 1 saturated heterocycles. The van der Waals surface area contributed by atoms with Crippen LogP contribution in [0.4, 0.5) is 5.69 Å². The SMILES string of the molecule is O=C(Nc1ccccc1)[C@H]1Cn2ccnc2C2(CCN(C(=O)c3ccncc3)CC2)O1. The molecule has 0 bridgehead atoms. The molecule has 31 heavy (non-hydrogen) atoms. The largest absolute Gasteiger partial charge is 0.352 e. The molecule has 0 saturated carbocycles. The quantitative estimate of drug-likeness (QED) is 0.707. The van der Waals surface area contributed by atoms with E-state index in [0.29, 0.717) is 38.0 Å². The number of ether oxygens (including phenoxy) is 1. The Morgan fingerprint density at radius 1 is 1.03 bits per heavy atom. The number of hydrogen-bond donors (Lipinski definition) is 1. The first-order valence-electron chi connectivity index (χ1n) is 10.4. The van der Waals surface area contributed by atoms with E-state index in [-0.39, 0.29) is 11.8 Å². The summed E-state index contributed by atoms with van der Waals surface area (Å²) in [6.45, 7) is 1.47. The number of nitrogens with one attached hydrogen (secondary N) is 1. The Labute approximate surface area is 179 Å². The molecular weight excluding hydrogens is 394 g/mol. The zero-order chi connectivity index (χ0) is 21.3. The van der Waals surface area contributed by atoms with Crippen molar-refractivity contribution in [2.75, 3.05) is 18.4 Å². The molecule has 2 amide bonds. The standard InChI is InChI=1S/C23H23N5O3/c29-20(26-18-4-2-1-3-5-18)19-16-28-15-12-25-22(28)23(31-19)8-13-27(14-9-23)21(30)17-6-10-24-11-7-17/h1-7,10-12,15,19H,8-9,13-14,16H2,(H,26,29)/t19-/m1/s1. The number of carbonyl (C=O) groups is 2. The normalized spacial score (nSPS) is 19.6. The molecule has 0 radical (unpaired) electrons. The summed E-state index contributed by atoms with van der Waals surface area (Å²) in [6.07, 6.45) is 7.39. The maximum Gasteiger partial charge on any atom is 0.255 e. The molecule has 1 atom stereocenters. The summed E-state index contributed by atoms with van der Waals surface area (Å²) >= 11 is 0. The second-order valence-electron chi connectivity index (χ2n) is 7.89. The molecule has 2 aliphatic rings. The van der Waals surface area contributed by atoms with E-state index in [4.69, 9.17) is 4.74 Å². The highest BCUT2D eigenvalue weighted by molar-refractivity contribution is 5.94. The Kier molecular flexibility index (Phi) is 4.99. The molecule has 5 rings (SSSR count). The van der Waals surface area contributed by atoms with Gasteiger partial charge in [0.1, 0.15) is 11.4 Å². The third kappa shape index (κ3) is 3.70. The van der Waals surface area contributed by atoms with Crippen molar-refractivity contribution >= 4 is 17.5 Å². The molecule has 1 aromatic carbocycles. The van der Waals surface area contributed by atoms with Crippen LogP contribution in [-0.2, 0) is 21.7 Å². The zero-order valence-electron chi connectivity index (χ0n) is 17.0. The van der Waals surface area contributed by atoms with Gasteiger partial charge in [-0.15, -0.1) is 0 Å². The van der Waals surface area contributed by atoms with Crippen LogP contribution in [0.25, 0.3) is 0 Å². The van der Waals surface area contributed by atoms with Crippen molar-refractivity contribution in [1.29, 1.82) is 0 Å². The minimum absolute atomic E-state index is 0.0187. The second-order valence-corrected chi connectivity index (χ2v) is 7.89. The van der Waals surface area contributed by atoms with E-state index in [1.165, 1.54) is 0 Å². The van der Waals surface area contributed by atoms with Crippen molar-refractivity contribution < 1.29 is 14.3 Å². The number of likely N-dealkylation sites (tertiary alicyclic amines) is 1. The molecule has 2 aliphatic heterocycles. The number of nitrogens with zero attached hydrogens (tertiary/aromatic N) is 4. The maximum absolute atomic E-state index is 12.9. The minimum atomic E-state index is -0.685. The van der Waals surface area contributed by atoms with Gasteiger partial charge in [-0.05, 0) is 24.3 Å². The molecule has 1 fully saturated rings. The van der Waals surface area contributed by atoms with Gasteiger partial charge in [0.15, 0.2) is 6.10 Å². The minimum Gasteiger partial charge on any atom is -0.352 e. The number of hydrogen-bond acceptors (Lipinski definition) is 5. The molecule has 1 spiro atoms. The van der Waals surface area contributed by atoms with Crippen LogP contribution >= 0.6 is 0 Å². The molecule has 8 nitrogen and oxygen atoms in total. The third-order valence-electron chi connectivity index (χ3n) is 5.97. The summed E-state index contributed by atoms with van der Waals surface area (Å²) < 4.78 is 8.42. The van der Waals surface area contributed by atoms with Crippen molar-refractivity contribution in [3.8, 4) is 0 Å². The Morgan fingerprint density at radius 2 is 1.77 bits per heavy atom. The van der Waals surface area contributed by atoms with Gasteiger partial charge in [-0.25, -0.2) is 4.98 Å². The lowest BCUT2D eigenvalue weighted by atomic mass is 9.88. The summed E-state index contributed by atoms with van der Waals surface area (Å²) in [5.74, 6) is 0.627. The van der Waals surface area contributed by atoms with E-state index in [1.807, 2.05) is 46.0 Å². The van der Waals surface area contributed by atoms with Crippen molar-refractivity contribution in [3.63, 3.8) is 0 Å². The Balaban J connectivity index is 1.33. The number of fused-ring (bicyclic) bond motifs is 2. The molecular formula is C23H23N5O3. The molecule has 0 aliphatic carbocycles. The van der Waals surface area contributed by atoms with Crippen LogP contribution in [0, 0.1) is 0 Å². The van der Waals surface area contributed by atoms with Crippen LogP contribution in [-0.4, -0.2) is 50.4 Å². The first-order valence-corrected chi connectivity index (χ1v) is 10.4. The topological polar surface area (TPSA) is 89.4 Å². The van der Waals surface area contributed by atoms with E-state index in [0.717, 1.165) is 11.5 Å². The van der Waals surface area contributed by atoms with Crippen LogP contribution in [0.1, 0.15) is 29.0 Å². The summed E-state index contributed by atoms with van der Waals surface area (Å²) in [6, 6.07) is 12.8. The summed E-state index contributed by atoms with van der Waals surface area (Å²) in [5.41, 5.74) is 0.673. The fraction of sp³-hybridized carbons (Fsp3) is 0.304. The van der Waals surface area contributed by atoms with Gasteiger partial charge in [0.05, 0.1) is 6.54 Å². The highest BCUT2D eigenvalue weighted by Gasteiger charge is 2.47. The number of amides is 2. The number of carbonyl (C=O) groups excluding carboxylic acids is 2. The van der Waals surface area contributed by atoms with Crippen molar-refractivity contribution in [2.24, 2.45) is 0 Å². The van der Waals surface area contributed by atoms with E-state index < -0.39 is 11.7 Å². The smallest absolute Gasteiger partial charge is 0.255 e. The van der Waals surface area contributed by atoms with Gasteiger partial charge >= 0.3 is 0 Å². The predicted octanol–water partition coefficient (Wildman–Crippen LogP) is 2.45. The monoisotopic (exact) mass is 417 g/mol. The van der Waals surface area contributed by atoms with Crippen LogP contribution < -0.4 is 5.32 Å². The van der Waals surface area contributed by atoms with E-state index in [9.17, 15) is 9.59 Å². The van der Waals surface area contributed by atoms with Gasteiger partial charge in [0, 0.05) is 62.0 Å². The average molecular weight is 417 g/mol. The van der Waals surface area contributed by atoms with Gasteiger partial charge in [-0.3, -0.25) is 14.6 Å². The fourth-order valence-corrected chi connectivity index (χ4v) is 4.37. The fourth-order valence-electron chi connectivity index (χ4n) is 4.37. The van der Waals surface area contributed by atoms with Crippen molar-refractivity contribution in [1.82, 2.24) is 19.4 Å². The Bertz CT molecular complexity index is 1070. The van der Waals surface area contributed by atoms with Crippen LogP contribution in [0.15, 0.2) is 67.3 Å². The van der Waals surface area contributed by atoms with E-state index >= 15 is 0 Å². The molecule has 8 heteroatoms. The molecule has 2 aromatic heterocycles. The van der Waals surface area contributed by atoms with Gasteiger partial charge in [0.2, 0.25) is 0 Å². The maximum atomic E-state index is 12.9. The van der Waals surface area contributed by atoms with Gasteiger partial charge in [0.25, 0.3) is 11.8 Å².